The van der Waals surface area contributed by atoms with Crippen LogP contribution in [-0.4, -0.2) is 65.9 Å². The maximum absolute atomic E-state index is 11.6. The van der Waals surface area contributed by atoms with Crippen molar-refractivity contribution in [2.24, 2.45) is 4.99 Å². The minimum Gasteiger partial charge on any atom is -0.395 e. The Bertz CT molecular complexity index is 1430. The number of nitrogens with zero attached hydrogens (tertiary/aromatic N) is 3. The average Bonchev–Trinajstić information content (AvgIpc) is 2.81. The summed E-state index contributed by atoms with van der Waals surface area (Å²) >= 11 is 1.57. The normalized spacial score (nSPS) is 12.8. The molecular weight excluding hydrogens is 474 g/mol. The first-order valence-electron chi connectivity index (χ1n) is 10.8. The molecule has 0 saturated heterocycles. The Morgan fingerprint density at radius 1 is 0.941 bits per heavy atom. The fourth-order valence-corrected chi connectivity index (χ4v) is 5.31. The Morgan fingerprint density at radius 2 is 1.71 bits per heavy atom. The highest BCUT2D eigenvalue weighted by Crippen LogP contribution is 2.30. The summed E-state index contributed by atoms with van der Waals surface area (Å²) in [6, 6.07) is 17.7. The van der Waals surface area contributed by atoms with Crippen molar-refractivity contribution >= 4 is 37.4 Å². The molecule has 0 aromatic heterocycles. The van der Waals surface area contributed by atoms with E-state index in [2.05, 4.69) is 17.1 Å². The van der Waals surface area contributed by atoms with Gasteiger partial charge in [-0.05, 0) is 54.4 Å². The van der Waals surface area contributed by atoms with Gasteiger partial charge in [-0.2, -0.15) is 8.42 Å². The highest BCUT2D eigenvalue weighted by Gasteiger charge is 2.14. The van der Waals surface area contributed by atoms with Crippen LogP contribution < -0.4 is 5.36 Å². The molecule has 34 heavy (non-hydrogen) atoms. The molecule has 0 bridgehead atoms. The van der Waals surface area contributed by atoms with Gasteiger partial charge in [0.25, 0.3) is 10.1 Å². The molecule has 0 spiro atoms. The van der Waals surface area contributed by atoms with Crippen molar-refractivity contribution in [2.45, 2.75) is 11.3 Å². The van der Waals surface area contributed by atoms with Crippen LogP contribution in [-0.2, 0) is 16.5 Å². The molecule has 178 valence electrons. The van der Waals surface area contributed by atoms with E-state index >= 15 is 0 Å². The zero-order chi connectivity index (χ0) is 24.1. The Labute approximate surface area is 201 Å². The number of aromatic nitrogens is 1. The van der Waals surface area contributed by atoms with Gasteiger partial charge in [0, 0.05) is 19.6 Å². The van der Waals surface area contributed by atoms with Crippen molar-refractivity contribution in [1.82, 2.24) is 9.88 Å². The van der Waals surface area contributed by atoms with E-state index < -0.39 is 10.1 Å². The Kier molecular flexibility index (Phi) is 7.67. The van der Waals surface area contributed by atoms with Gasteiger partial charge in [-0.25, -0.2) is 9.98 Å². The number of para-hydroxylation sites is 1. The maximum atomic E-state index is 11.6. The van der Waals surface area contributed by atoms with Crippen LogP contribution in [0.1, 0.15) is 5.56 Å². The molecule has 2 aliphatic rings. The first-order valence-corrected chi connectivity index (χ1v) is 13.0. The monoisotopic (exact) mass is 499 g/mol. The van der Waals surface area contributed by atoms with E-state index in [-0.39, 0.29) is 23.8 Å². The number of aliphatic hydroxyl groups excluding tert-OH is 2. The fraction of sp³-hybridized carbons (Fsp3) is 0.250. The Hall–Kier alpha value is -2.73. The zero-order valence-corrected chi connectivity index (χ0v) is 20.0. The second-order valence-electron chi connectivity index (χ2n) is 7.76. The van der Waals surface area contributed by atoms with Crippen LogP contribution in [0.3, 0.4) is 0 Å². The molecule has 1 aliphatic carbocycles. The Balaban J connectivity index is 1.65. The van der Waals surface area contributed by atoms with Gasteiger partial charge >= 0.3 is 0 Å². The van der Waals surface area contributed by atoms with Gasteiger partial charge < -0.3 is 10.2 Å². The zero-order valence-electron chi connectivity index (χ0n) is 18.3. The van der Waals surface area contributed by atoms with Crippen molar-refractivity contribution in [3.63, 3.8) is 0 Å². The van der Waals surface area contributed by atoms with E-state index in [1.165, 1.54) is 12.1 Å². The smallest absolute Gasteiger partial charge is 0.296 e. The quantitative estimate of drug-likeness (QED) is 0.239. The molecule has 0 fully saturated rings. The molecule has 0 saturated carbocycles. The summed E-state index contributed by atoms with van der Waals surface area (Å²) < 4.78 is 33.8. The third-order valence-corrected chi connectivity index (χ3v) is 7.38. The molecule has 1 aliphatic heterocycles. The van der Waals surface area contributed by atoms with Gasteiger partial charge in [0.2, 0.25) is 0 Å². The second kappa shape index (κ2) is 10.7. The van der Waals surface area contributed by atoms with Crippen molar-refractivity contribution < 1.29 is 23.2 Å². The van der Waals surface area contributed by atoms with Crippen LogP contribution in [0.25, 0.3) is 20.8 Å². The molecule has 4 rings (SSSR count). The van der Waals surface area contributed by atoms with Crippen molar-refractivity contribution in [2.75, 3.05) is 32.8 Å². The molecule has 0 unspecified atom stereocenters. The molecule has 3 N–H and O–H groups in total. The van der Waals surface area contributed by atoms with Gasteiger partial charge in [0.15, 0.2) is 0 Å². The predicted octanol–water partition coefficient (Wildman–Crippen LogP) is 2.71. The van der Waals surface area contributed by atoms with E-state index in [0.29, 0.717) is 18.4 Å². The molecule has 0 atom stereocenters. The molecule has 8 nitrogen and oxygen atoms in total. The topological polar surface area (TPSA) is 123 Å². The van der Waals surface area contributed by atoms with Crippen molar-refractivity contribution in [3.05, 3.63) is 71.6 Å². The van der Waals surface area contributed by atoms with E-state index in [9.17, 15) is 23.2 Å². The molecule has 0 amide bonds. The third-order valence-electron chi connectivity index (χ3n) is 5.37. The fourth-order valence-electron chi connectivity index (χ4n) is 3.70. The van der Waals surface area contributed by atoms with Crippen LogP contribution >= 0.6 is 11.3 Å². The summed E-state index contributed by atoms with van der Waals surface area (Å²) in [5.74, 6) is 0. The molecule has 0 radical (unpaired) electrons. The largest absolute Gasteiger partial charge is 0.395 e. The number of hydrogen-bond donors (Lipinski definition) is 3. The average molecular weight is 500 g/mol. The minimum absolute atomic E-state index is 0.0582. The first-order chi connectivity index (χ1) is 16.4. The number of hydrogen-bond acceptors (Lipinski definition) is 8. The summed E-state index contributed by atoms with van der Waals surface area (Å²) in [5.41, 5.74) is 2.98. The number of rotatable bonds is 9. The van der Waals surface area contributed by atoms with Crippen LogP contribution in [0.15, 0.2) is 70.6 Å². The van der Waals surface area contributed by atoms with Crippen LogP contribution in [0.2, 0.25) is 0 Å². The second-order valence-corrected chi connectivity index (χ2v) is 10.2. The maximum Gasteiger partial charge on any atom is 0.296 e. The van der Waals surface area contributed by atoms with Gasteiger partial charge in [0.05, 0.1) is 45.0 Å². The standard InChI is InChI=1S/C24H25N3O5S2/c28-13-11-27(12-14-29)10-9-17-5-8-22-21(15-17)26-19-7-6-18(16-23(19)33-22)25-20-3-1-2-4-24(20)34(30,31)32/h1-8,15-16,28-29H,9-14H2,(H,30,31,32)/b25-18-. The van der Waals surface area contributed by atoms with Crippen LogP contribution in [0.5, 0.6) is 0 Å². The minimum atomic E-state index is -4.38. The van der Waals surface area contributed by atoms with Crippen LogP contribution in [0.4, 0.5) is 5.69 Å². The van der Waals surface area contributed by atoms with Crippen LogP contribution in [0, 0.1) is 0 Å². The summed E-state index contributed by atoms with van der Waals surface area (Å²) in [4.78, 5) is 11.9. The number of benzene rings is 3. The number of aliphatic hydroxyl groups is 2. The SMILES string of the molecule is O=S(=O)(O)c1ccccc1/N=c1/ccc2nc3cc(CCN(CCO)CCO)ccc3sc-2c1. The molecular formula is C24H25N3O5S2. The highest BCUT2D eigenvalue weighted by atomic mass is 32.2. The summed E-state index contributed by atoms with van der Waals surface area (Å²) in [5, 5.41) is 18.9. The van der Waals surface area contributed by atoms with Gasteiger partial charge in [-0.1, -0.05) is 18.2 Å². The van der Waals surface area contributed by atoms with Crippen molar-refractivity contribution in [1.29, 1.82) is 0 Å². The molecule has 2 aromatic rings. The number of fused-ring (bicyclic) bond motifs is 2. The van der Waals surface area contributed by atoms with E-state index in [0.717, 1.165) is 39.3 Å². The summed E-state index contributed by atoms with van der Waals surface area (Å²) in [6.45, 7) is 1.91. The van der Waals surface area contributed by atoms with Crippen molar-refractivity contribution in [3.8, 4) is 10.6 Å². The summed E-state index contributed by atoms with van der Waals surface area (Å²) in [6.07, 6.45) is 0.783. The van der Waals surface area contributed by atoms with Gasteiger partial charge in [-0.15, -0.1) is 11.3 Å². The summed E-state index contributed by atoms with van der Waals surface area (Å²) in [7, 11) is -4.38. The van der Waals surface area contributed by atoms with Gasteiger partial charge in [0.1, 0.15) is 4.90 Å². The molecule has 1 heterocycles. The predicted molar refractivity (Wildman–Crippen MR) is 132 cm³/mol. The first kappa shape index (κ1) is 24.4. The lowest BCUT2D eigenvalue weighted by Crippen LogP contribution is -2.31. The lowest BCUT2D eigenvalue weighted by atomic mass is 10.1. The van der Waals surface area contributed by atoms with Gasteiger partial charge in [-0.3, -0.25) is 9.45 Å². The lowest BCUT2D eigenvalue weighted by molar-refractivity contribution is 0.162. The third kappa shape index (κ3) is 5.84. The Morgan fingerprint density at radius 3 is 2.44 bits per heavy atom. The molecule has 10 heteroatoms. The van der Waals surface area contributed by atoms with E-state index in [4.69, 9.17) is 4.98 Å². The lowest BCUT2D eigenvalue weighted by Gasteiger charge is -2.20. The van der Waals surface area contributed by atoms with E-state index in [1.807, 2.05) is 23.1 Å². The highest BCUT2D eigenvalue weighted by molar-refractivity contribution is 7.86. The molecule has 2 aromatic carbocycles. The van der Waals surface area contributed by atoms with E-state index in [1.54, 1.807) is 29.5 Å².